The maximum atomic E-state index is 12.8. The summed E-state index contributed by atoms with van der Waals surface area (Å²) < 4.78 is 15.6. The van der Waals surface area contributed by atoms with Crippen LogP contribution in [0.3, 0.4) is 0 Å². The molecule has 188 valence electrons. The number of methoxy groups -OCH3 is 1. The molecule has 0 aromatic heterocycles. The number of fused-ring (bicyclic) bond motifs is 1. The van der Waals surface area contributed by atoms with E-state index in [1.165, 1.54) is 30.2 Å². The molecule has 1 heterocycles. The SMILES string of the molecule is CCOc1ccc(N(CCC#N)C(=O)COC(=O)c2ccc3c(c2)C(=O)N(CCCOC)C3=O)cc1. The summed E-state index contributed by atoms with van der Waals surface area (Å²) in [6, 6.07) is 12.9. The molecule has 0 spiro atoms. The standard InChI is InChI=1S/C26H27N3O7/c1-3-35-20-9-7-19(8-10-20)28(13-4-12-27)23(30)17-36-26(33)18-6-11-21-22(16-18)25(32)29(24(21)31)14-5-15-34-2/h6-11,16H,3-5,13-15,17H2,1-2H3. The van der Waals surface area contributed by atoms with Crippen molar-refractivity contribution in [3.05, 3.63) is 59.2 Å². The third-order valence-electron chi connectivity index (χ3n) is 5.47. The molecule has 3 amide bonds. The Morgan fingerprint density at radius 2 is 1.78 bits per heavy atom. The molecular formula is C26H27N3O7. The lowest BCUT2D eigenvalue weighted by molar-refractivity contribution is -0.121. The van der Waals surface area contributed by atoms with Crippen LogP contribution in [0.4, 0.5) is 5.69 Å². The molecule has 36 heavy (non-hydrogen) atoms. The Kier molecular flexibility index (Phi) is 9.13. The third-order valence-corrected chi connectivity index (χ3v) is 5.47. The molecule has 0 fully saturated rings. The number of hydrogen-bond donors (Lipinski definition) is 0. The van der Waals surface area contributed by atoms with Crippen LogP contribution in [0.15, 0.2) is 42.5 Å². The van der Waals surface area contributed by atoms with E-state index in [-0.39, 0.29) is 36.2 Å². The fourth-order valence-electron chi connectivity index (χ4n) is 3.72. The van der Waals surface area contributed by atoms with E-state index in [1.54, 1.807) is 24.3 Å². The monoisotopic (exact) mass is 493 g/mol. The molecule has 0 radical (unpaired) electrons. The van der Waals surface area contributed by atoms with Crippen LogP contribution >= 0.6 is 0 Å². The number of amides is 3. The molecule has 3 rings (SSSR count). The van der Waals surface area contributed by atoms with Gasteiger partial charge in [-0.05, 0) is 55.8 Å². The molecule has 2 aromatic rings. The number of carbonyl (C=O) groups is 4. The molecule has 0 saturated carbocycles. The number of anilines is 1. The molecule has 10 nitrogen and oxygen atoms in total. The van der Waals surface area contributed by atoms with Gasteiger partial charge in [0.2, 0.25) is 0 Å². The van der Waals surface area contributed by atoms with E-state index in [0.29, 0.717) is 31.1 Å². The van der Waals surface area contributed by atoms with Crippen LogP contribution in [0, 0.1) is 11.3 Å². The second-order valence-electron chi connectivity index (χ2n) is 7.83. The second-order valence-corrected chi connectivity index (χ2v) is 7.83. The summed E-state index contributed by atoms with van der Waals surface area (Å²) in [5, 5.41) is 8.97. The first-order valence-corrected chi connectivity index (χ1v) is 11.5. The lowest BCUT2D eigenvalue weighted by Gasteiger charge is -2.22. The van der Waals surface area contributed by atoms with E-state index in [4.69, 9.17) is 19.5 Å². The van der Waals surface area contributed by atoms with Gasteiger partial charge in [0.1, 0.15) is 5.75 Å². The van der Waals surface area contributed by atoms with Crippen molar-refractivity contribution in [2.75, 3.05) is 44.9 Å². The fourth-order valence-corrected chi connectivity index (χ4v) is 3.72. The van der Waals surface area contributed by atoms with Crippen LogP contribution in [-0.4, -0.2) is 68.6 Å². The molecule has 2 aromatic carbocycles. The van der Waals surface area contributed by atoms with Crippen LogP contribution in [-0.2, 0) is 14.3 Å². The van der Waals surface area contributed by atoms with E-state index >= 15 is 0 Å². The predicted molar refractivity (Wildman–Crippen MR) is 129 cm³/mol. The number of nitrogens with zero attached hydrogens (tertiary/aromatic N) is 3. The Balaban J connectivity index is 1.67. The molecule has 1 aliphatic rings. The van der Waals surface area contributed by atoms with Crippen molar-refractivity contribution < 1.29 is 33.4 Å². The highest BCUT2D eigenvalue weighted by atomic mass is 16.5. The van der Waals surface area contributed by atoms with E-state index in [0.717, 1.165) is 4.90 Å². The minimum atomic E-state index is -0.809. The zero-order chi connectivity index (χ0) is 26.1. The van der Waals surface area contributed by atoms with Crippen LogP contribution < -0.4 is 9.64 Å². The zero-order valence-electron chi connectivity index (χ0n) is 20.2. The Bertz CT molecular complexity index is 1170. The Hall–Kier alpha value is -4.23. The lowest BCUT2D eigenvalue weighted by atomic mass is 10.1. The topological polar surface area (TPSA) is 126 Å². The minimum Gasteiger partial charge on any atom is -0.494 e. The molecule has 1 aliphatic heterocycles. The van der Waals surface area contributed by atoms with Gasteiger partial charge in [-0.2, -0.15) is 5.26 Å². The number of nitriles is 1. The van der Waals surface area contributed by atoms with E-state index in [2.05, 4.69) is 0 Å². The first kappa shape index (κ1) is 26.4. The van der Waals surface area contributed by atoms with Crippen molar-refractivity contribution in [3.8, 4) is 11.8 Å². The molecule has 0 aliphatic carbocycles. The molecule has 0 unspecified atom stereocenters. The van der Waals surface area contributed by atoms with Gasteiger partial charge in [-0.15, -0.1) is 0 Å². The zero-order valence-corrected chi connectivity index (χ0v) is 20.2. The minimum absolute atomic E-state index is 0.0473. The van der Waals surface area contributed by atoms with Crippen LogP contribution in [0.5, 0.6) is 5.75 Å². The molecule has 0 saturated heterocycles. The average Bonchev–Trinajstić information content (AvgIpc) is 3.13. The summed E-state index contributed by atoms with van der Waals surface area (Å²) in [5.41, 5.74) is 0.905. The Morgan fingerprint density at radius 1 is 1.06 bits per heavy atom. The maximum Gasteiger partial charge on any atom is 0.338 e. The summed E-state index contributed by atoms with van der Waals surface area (Å²) in [7, 11) is 1.53. The molecular weight excluding hydrogens is 466 g/mol. The highest BCUT2D eigenvalue weighted by Crippen LogP contribution is 2.25. The average molecular weight is 494 g/mol. The van der Waals surface area contributed by atoms with E-state index < -0.39 is 30.3 Å². The second kappa shape index (κ2) is 12.5. The first-order valence-electron chi connectivity index (χ1n) is 11.5. The maximum absolute atomic E-state index is 12.8. The van der Waals surface area contributed by atoms with Crippen molar-refractivity contribution in [1.82, 2.24) is 4.90 Å². The molecule has 10 heteroatoms. The lowest BCUT2D eigenvalue weighted by Crippen LogP contribution is -2.35. The number of benzene rings is 2. The summed E-state index contributed by atoms with van der Waals surface area (Å²) in [5.74, 6) is -1.60. The van der Waals surface area contributed by atoms with Gasteiger partial charge in [0.15, 0.2) is 6.61 Å². The van der Waals surface area contributed by atoms with Crippen LogP contribution in [0.25, 0.3) is 0 Å². The number of ether oxygens (including phenoxy) is 3. The van der Waals surface area contributed by atoms with Gasteiger partial charge in [0.25, 0.3) is 17.7 Å². The number of rotatable bonds is 12. The Morgan fingerprint density at radius 3 is 2.44 bits per heavy atom. The number of hydrogen-bond acceptors (Lipinski definition) is 8. The van der Waals surface area contributed by atoms with Gasteiger partial charge in [-0.1, -0.05) is 0 Å². The summed E-state index contributed by atoms with van der Waals surface area (Å²) >= 11 is 0. The highest BCUT2D eigenvalue weighted by molar-refractivity contribution is 6.22. The van der Waals surface area contributed by atoms with Crippen molar-refractivity contribution in [1.29, 1.82) is 5.26 Å². The van der Waals surface area contributed by atoms with Gasteiger partial charge in [0, 0.05) is 32.5 Å². The van der Waals surface area contributed by atoms with Gasteiger partial charge in [-0.25, -0.2) is 4.79 Å². The van der Waals surface area contributed by atoms with Crippen molar-refractivity contribution in [2.45, 2.75) is 19.8 Å². The predicted octanol–water partition coefficient (Wildman–Crippen LogP) is 2.82. The highest BCUT2D eigenvalue weighted by Gasteiger charge is 2.35. The third kappa shape index (κ3) is 6.06. The van der Waals surface area contributed by atoms with Crippen molar-refractivity contribution in [3.63, 3.8) is 0 Å². The van der Waals surface area contributed by atoms with Crippen LogP contribution in [0.2, 0.25) is 0 Å². The van der Waals surface area contributed by atoms with E-state index in [9.17, 15) is 19.2 Å². The number of carbonyl (C=O) groups excluding carboxylic acids is 4. The first-order chi connectivity index (χ1) is 17.4. The fraction of sp³-hybridized carbons (Fsp3) is 0.346. The molecule has 0 N–H and O–H groups in total. The quantitative estimate of drug-likeness (QED) is 0.251. The van der Waals surface area contributed by atoms with Gasteiger partial charge < -0.3 is 19.1 Å². The largest absolute Gasteiger partial charge is 0.494 e. The van der Waals surface area contributed by atoms with Gasteiger partial charge >= 0.3 is 5.97 Å². The summed E-state index contributed by atoms with van der Waals surface area (Å²) in [4.78, 5) is 53.1. The molecule has 0 atom stereocenters. The smallest absolute Gasteiger partial charge is 0.338 e. The van der Waals surface area contributed by atoms with E-state index in [1.807, 2.05) is 13.0 Å². The van der Waals surface area contributed by atoms with Gasteiger partial charge in [-0.3, -0.25) is 19.3 Å². The Labute approximate surface area is 208 Å². The van der Waals surface area contributed by atoms with Crippen LogP contribution in [0.1, 0.15) is 50.8 Å². The molecule has 0 bridgehead atoms. The number of esters is 1. The van der Waals surface area contributed by atoms with Crippen molar-refractivity contribution >= 4 is 29.4 Å². The number of imide groups is 1. The van der Waals surface area contributed by atoms with Crippen molar-refractivity contribution in [2.24, 2.45) is 0 Å². The summed E-state index contributed by atoms with van der Waals surface area (Å²) in [6.07, 6.45) is 0.588. The summed E-state index contributed by atoms with van der Waals surface area (Å²) in [6.45, 7) is 2.53. The van der Waals surface area contributed by atoms with Gasteiger partial charge in [0.05, 0.1) is 35.8 Å². The normalized spacial score (nSPS) is 12.2.